The Bertz CT molecular complexity index is 361. The van der Waals surface area contributed by atoms with Crippen LogP contribution in [-0.2, 0) is 6.54 Å². The number of guanidine groups is 1. The third-order valence-electron chi connectivity index (χ3n) is 2.08. The van der Waals surface area contributed by atoms with Gasteiger partial charge in [-0.15, -0.1) is 6.42 Å². The zero-order chi connectivity index (χ0) is 12.3. The molecule has 92 valence electrons. The van der Waals surface area contributed by atoms with Crippen molar-refractivity contribution in [2.45, 2.75) is 19.9 Å². The topological polar surface area (TPSA) is 54.2 Å². The molecule has 0 aliphatic carbocycles. The summed E-state index contributed by atoms with van der Waals surface area (Å²) >= 11 is 0. The zero-order valence-corrected chi connectivity index (χ0v) is 10.2. The molecule has 0 unspecified atom stereocenters. The molecule has 2 N–H and O–H groups in total. The lowest BCUT2D eigenvalue weighted by molar-refractivity contribution is 0.584. The lowest BCUT2D eigenvalue weighted by atomic mass is 10.4. The fourth-order valence-corrected chi connectivity index (χ4v) is 1.33. The molecule has 0 atom stereocenters. The summed E-state index contributed by atoms with van der Waals surface area (Å²) in [4.78, 5) is 4.41. The van der Waals surface area contributed by atoms with Crippen LogP contribution in [0.2, 0.25) is 0 Å². The van der Waals surface area contributed by atoms with Crippen LogP contribution in [0, 0.1) is 12.3 Å². The van der Waals surface area contributed by atoms with E-state index in [4.69, 9.17) is 6.42 Å². The van der Waals surface area contributed by atoms with Crippen LogP contribution in [0.1, 0.15) is 13.3 Å². The first-order valence-corrected chi connectivity index (χ1v) is 5.80. The first-order chi connectivity index (χ1) is 8.36. The Balaban J connectivity index is 2.25. The molecule has 0 amide bonds. The van der Waals surface area contributed by atoms with E-state index in [0.29, 0.717) is 6.54 Å². The van der Waals surface area contributed by atoms with Crippen molar-refractivity contribution in [3.8, 4) is 12.3 Å². The molecular formula is C12H19N5. The van der Waals surface area contributed by atoms with Crippen LogP contribution in [0.5, 0.6) is 0 Å². The van der Waals surface area contributed by atoms with Crippen molar-refractivity contribution in [3.63, 3.8) is 0 Å². The molecule has 0 aliphatic heterocycles. The van der Waals surface area contributed by atoms with Gasteiger partial charge in [-0.1, -0.05) is 5.92 Å². The Labute approximate surface area is 102 Å². The zero-order valence-electron chi connectivity index (χ0n) is 10.2. The molecule has 0 aliphatic rings. The highest BCUT2D eigenvalue weighted by Gasteiger charge is 1.94. The maximum Gasteiger partial charge on any atom is 0.192 e. The fourth-order valence-electron chi connectivity index (χ4n) is 1.33. The second kappa shape index (κ2) is 8.22. The van der Waals surface area contributed by atoms with Crippen molar-refractivity contribution >= 4 is 5.96 Å². The predicted molar refractivity (Wildman–Crippen MR) is 69.7 cm³/mol. The van der Waals surface area contributed by atoms with Gasteiger partial charge in [-0.2, -0.15) is 5.10 Å². The molecule has 0 radical (unpaired) electrons. The van der Waals surface area contributed by atoms with Crippen LogP contribution in [0.15, 0.2) is 23.5 Å². The lowest BCUT2D eigenvalue weighted by Gasteiger charge is -2.08. The molecule has 0 fully saturated rings. The third-order valence-corrected chi connectivity index (χ3v) is 2.08. The van der Waals surface area contributed by atoms with Gasteiger partial charge >= 0.3 is 0 Å². The smallest absolute Gasteiger partial charge is 0.192 e. The number of rotatable bonds is 6. The Morgan fingerprint density at radius 3 is 3.06 bits per heavy atom. The molecule has 5 heteroatoms. The summed E-state index contributed by atoms with van der Waals surface area (Å²) < 4.78 is 1.90. The van der Waals surface area contributed by atoms with Gasteiger partial charge in [0.2, 0.25) is 0 Å². The lowest BCUT2D eigenvalue weighted by Crippen LogP contribution is -2.37. The predicted octanol–water partition coefficient (Wildman–Crippen LogP) is 0.461. The van der Waals surface area contributed by atoms with Crippen LogP contribution in [0.3, 0.4) is 0 Å². The minimum absolute atomic E-state index is 0.491. The largest absolute Gasteiger partial charge is 0.357 e. The summed E-state index contributed by atoms with van der Waals surface area (Å²) in [6.45, 7) is 4.97. The van der Waals surface area contributed by atoms with Crippen molar-refractivity contribution in [1.82, 2.24) is 20.4 Å². The number of terminal acetylenes is 1. The standard InChI is InChI=1S/C12H19N5/c1-3-7-14-12(13-4-2)15-8-5-10-17-11-6-9-16-17/h1,6,9,11H,4-5,7-8,10H2,2H3,(H2,13,14,15). The highest BCUT2D eigenvalue weighted by molar-refractivity contribution is 5.79. The van der Waals surface area contributed by atoms with E-state index < -0.39 is 0 Å². The van der Waals surface area contributed by atoms with Crippen molar-refractivity contribution < 1.29 is 0 Å². The second-order valence-electron chi connectivity index (χ2n) is 3.44. The number of nitrogens with one attached hydrogen (secondary N) is 2. The van der Waals surface area contributed by atoms with Gasteiger partial charge in [0.1, 0.15) is 0 Å². The second-order valence-corrected chi connectivity index (χ2v) is 3.44. The SMILES string of the molecule is C#CCNC(=NCCCn1cccn1)NCC. The molecule has 1 aromatic heterocycles. The van der Waals surface area contributed by atoms with E-state index in [-0.39, 0.29) is 0 Å². The van der Waals surface area contributed by atoms with Gasteiger partial charge in [0.05, 0.1) is 6.54 Å². The number of aliphatic imine (C=N–C) groups is 1. The van der Waals surface area contributed by atoms with Gasteiger partial charge in [-0.25, -0.2) is 0 Å². The van der Waals surface area contributed by atoms with Crippen molar-refractivity contribution in [1.29, 1.82) is 0 Å². The Kier molecular flexibility index (Phi) is 6.34. The van der Waals surface area contributed by atoms with Crippen molar-refractivity contribution in [3.05, 3.63) is 18.5 Å². The molecule has 5 nitrogen and oxygen atoms in total. The molecule has 0 saturated heterocycles. The minimum atomic E-state index is 0.491. The number of hydrogen-bond donors (Lipinski definition) is 2. The molecule has 1 heterocycles. The molecule has 0 bridgehead atoms. The van der Waals surface area contributed by atoms with Gasteiger partial charge in [-0.3, -0.25) is 9.67 Å². The van der Waals surface area contributed by atoms with E-state index in [1.54, 1.807) is 6.20 Å². The molecule has 0 aromatic carbocycles. The van der Waals surface area contributed by atoms with E-state index >= 15 is 0 Å². The van der Waals surface area contributed by atoms with Gasteiger partial charge in [-0.05, 0) is 19.4 Å². The number of nitrogens with zero attached hydrogens (tertiary/aromatic N) is 3. The average molecular weight is 233 g/mol. The number of aromatic nitrogens is 2. The Morgan fingerprint density at radius 1 is 1.53 bits per heavy atom. The van der Waals surface area contributed by atoms with Gasteiger partial charge in [0, 0.05) is 32.0 Å². The maximum absolute atomic E-state index is 5.19. The van der Waals surface area contributed by atoms with E-state index in [2.05, 4.69) is 26.6 Å². The maximum atomic E-state index is 5.19. The van der Waals surface area contributed by atoms with Crippen LogP contribution < -0.4 is 10.6 Å². The Morgan fingerprint density at radius 2 is 2.41 bits per heavy atom. The molecule has 17 heavy (non-hydrogen) atoms. The summed E-state index contributed by atoms with van der Waals surface area (Å²) in [5.41, 5.74) is 0. The first-order valence-electron chi connectivity index (χ1n) is 5.80. The Hall–Kier alpha value is -1.96. The molecule has 1 rings (SSSR count). The van der Waals surface area contributed by atoms with Crippen LogP contribution in [0.4, 0.5) is 0 Å². The number of hydrogen-bond acceptors (Lipinski definition) is 2. The van der Waals surface area contributed by atoms with Crippen molar-refractivity contribution in [2.75, 3.05) is 19.6 Å². The molecule has 0 saturated carbocycles. The quantitative estimate of drug-likeness (QED) is 0.325. The summed E-state index contributed by atoms with van der Waals surface area (Å²) in [6.07, 6.45) is 9.87. The first kappa shape index (κ1) is 13.1. The van der Waals surface area contributed by atoms with Gasteiger partial charge < -0.3 is 10.6 Å². The van der Waals surface area contributed by atoms with Crippen LogP contribution in [-0.4, -0.2) is 35.4 Å². The monoisotopic (exact) mass is 233 g/mol. The summed E-state index contributed by atoms with van der Waals surface area (Å²) in [5, 5.41) is 10.3. The van der Waals surface area contributed by atoms with Gasteiger partial charge in [0.15, 0.2) is 5.96 Å². The van der Waals surface area contributed by atoms with Crippen molar-refractivity contribution in [2.24, 2.45) is 4.99 Å². The number of aryl methyl sites for hydroxylation is 1. The average Bonchev–Trinajstić information content (AvgIpc) is 2.84. The highest BCUT2D eigenvalue weighted by atomic mass is 15.3. The summed E-state index contributed by atoms with van der Waals surface area (Å²) in [5.74, 6) is 3.29. The molecule has 0 spiro atoms. The molecular weight excluding hydrogens is 214 g/mol. The van der Waals surface area contributed by atoms with Crippen LogP contribution >= 0.6 is 0 Å². The summed E-state index contributed by atoms with van der Waals surface area (Å²) in [6, 6.07) is 1.92. The van der Waals surface area contributed by atoms with Crippen LogP contribution in [0.25, 0.3) is 0 Å². The minimum Gasteiger partial charge on any atom is -0.357 e. The van der Waals surface area contributed by atoms with Gasteiger partial charge in [0.25, 0.3) is 0 Å². The fraction of sp³-hybridized carbons (Fsp3) is 0.500. The van der Waals surface area contributed by atoms with E-state index in [1.165, 1.54) is 0 Å². The normalized spacial score (nSPS) is 10.9. The third kappa shape index (κ3) is 5.61. The van der Waals surface area contributed by atoms with E-state index in [1.807, 2.05) is 23.9 Å². The summed E-state index contributed by atoms with van der Waals surface area (Å²) in [7, 11) is 0. The molecule has 1 aromatic rings. The van der Waals surface area contributed by atoms with E-state index in [9.17, 15) is 0 Å². The highest BCUT2D eigenvalue weighted by Crippen LogP contribution is 1.89. The van der Waals surface area contributed by atoms with E-state index in [0.717, 1.165) is 32.0 Å².